The Bertz CT molecular complexity index is 402. The highest BCUT2D eigenvalue weighted by Crippen LogP contribution is 2.17. The van der Waals surface area contributed by atoms with Crippen LogP contribution < -0.4 is 10.1 Å². The predicted octanol–water partition coefficient (Wildman–Crippen LogP) is 1.39. The normalized spacial score (nSPS) is 14.9. The zero-order chi connectivity index (χ0) is 12.8. The molecule has 1 saturated heterocycles. The molecule has 0 saturated carbocycles. The average molecular weight is 249 g/mol. The molecule has 1 aliphatic rings. The number of benzene rings is 1. The summed E-state index contributed by atoms with van der Waals surface area (Å²) in [5.74, 6) is 1.40. The molecule has 2 rings (SSSR count). The number of rotatable bonds is 6. The number of carbonyl (C=O) groups excluding carboxylic acids is 1. The van der Waals surface area contributed by atoms with Crippen molar-refractivity contribution in [1.82, 2.24) is 5.32 Å². The molecule has 4 nitrogen and oxygen atoms in total. The van der Waals surface area contributed by atoms with E-state index < -0.39 is 0 Å². The number of para-hydroxylation sites is 1. The van der Waals surface area contributed by atoms with Gasteiger partial charge in [-0.3, -0.25) is 4.79 Å². The summed E-state index contributed by atoms with van der Waals surface area (Å²) in [5.41, 5.74) is 1.12. The van der Waals surface area contributed by atoms with Gasteiger partial charge in [0.2, 0.25) is 5.91 Å². The summed E-state index contributed by atoms with van der Waals surface area (Å²) in [7, 11) is 1.66. The topological polar surface area (TPSA) is 47.6 Å². The summed E-state index contributed by atoms with van der Waals surface area (Å²) in [4.78, 5) is 11.6. The zero-order valence-corrected chi connectivity index (χ0v) is 10.6. The summed E-state index contributed by atoms with van der Waals surface area (Å²) in [6, 6.07) is 7.87. The minimum Gasteiger partial charge on any atom is -0.496 e. The van der Waals surface area contributed by atoms with E-state index in [1.54, 1.807) is 7.11 Å². The molecule has 18 heavy (non-hydrogen) atoms. The Balaban J connectivity index is 1.72. The maximum Gasteiger partial charge on any atom is 0.220 e. The van der Waals surface area contributed by atoms with Crippen molar-refractivity contribution < 1.29 is 14.3 Å². The van der Waals surface area contributed by atoms with Gasteiger partial charge in [0, 0.05) is 18.9 Å². The Morgan fingerprint density at radius 2 is 2.22 bits per heavy atom. The van der Waals surface area contributed by atoms with Crippen molar-refractivity contribution in [2.45, 2.75) is 12.8 Å². The monoisotopic (exact) mass is 249 g/mol. The molecule has 1 aromatic carbocycles. The van der Waals surface area contributed by atoms with E-state index in [0.29, 0.717) is 18.9 Å². The first-order valence-electron chi connectivity index (χ1n) is 6.26. The molecule has 0 radical (unpaired) electrons. The van der Waals surface area contributed by atoms with E-state index in [4.69, 9.17) is 9.47 Å². The summed E-state index contributed by atoms with van der Waals surface area (Å²) < 4.78 is 10.3. The van der Waals surface area contributed by atoms with E-state index in [0.717, 1.165) is 30.9 Å². The second-order valence-electron chi connectivity index (χ2n) is 4.52. The third kappa shape index (κ3) is 3.47. The molecule has 0 bridgehead atoms. The number of ether oxygens (including phenoxy) is 2. The van der Waals surface area contributed by atoms with Gasteiger partial charge in [0.05, 0.1) is 20.3 Å². The lowest BCUT2D eigenvalue weighted by Gasteiger charge is -2.25. The molecule has 0 atom stereocenters. The minimum atomic E-state index is 0.109. The van der Waals surface area contributed by atoms with Crippen LogP contribution >= 0.6 is 0 Å². The van der Waals surface area contributed by atoms with Gasteiger partial charge in [-0.15, -0.1) is 0 Å². The molecule has 0 spiro atoms. The van der Waals surface area contributed by atoms with E-state index in [1.807, 2.05) is 24.3 Å². The van der Waals surface area contributed by atoms with E-state index in [9.17, 15) is 4.79 Å². The predicted molar refractivity (Wildman–Crippen MR) is 68.6 cm³/mol. The second kappa shape index (κ2) is 6.40. The van der Waals surface area contributed by atoms with Gasteiger partial charge in [0.15, 0.2) is 0 Å². The maximum atomic E-state index is 11.6. The van der Waals surface area contributed by atoms with Crippen LogP contribution in [0.15, 0.2) is 24.3 Å². The molecule has 1 aromatic rings. The lowest BCUT2D eigenvalue weighted by molar-refractivity contribution is -0.126. The molecular weight excluding hydrogens is 230 g/mol. The first-order chi connectivity index (χ1) is 8.79. The van der Waals surface area contributed by atoms with Gasteiger partial charge >= 0.3 is 0 Å². The quantitative estimate of drug-likeness (QED) is 0.828. The van der Waals surface area contributed by atoms with Crippen molar-refractivity contribution >= 4 is 5.91 Å². The number of hydrogen-bond donors (Lipinski definition) is 1. The fourth-order valence-electron chi connectivity index (χ4n) is 1.98. The smallest absolute Gasteiger partial charge is 0.220 e. The van der Waals surface area contributed by atoms with E-state index in [1.165, 1.54) is 0 Å². The first kappa shape index (κ1) is 12.9. The molecule has 4 heteroatoms. The standard InChI is InChI=1S/C14H19NO3/c1-17-13-5-3-2-4-12(13)6-7-15-14(16)8-11-9-18-10-11/h2-5,11H,6-10H2,1H3,(H,15,16). The van der Waals surface area contributed by atoms with E-state index in [2.05, 4.69) is 5.32 Å². The third-order valence-electron chi connectivity index (χ3n) is 3.09. The van der Waals surface area contributed by atoms with Crippen molar-refractivity contribution in [2.75, 3.05) is 26.9 Å². The number of methoxy groups -OCH3 is 1. The van der Waals surface area contributed by atoms with Crippen molar-refractivity contribution in [3.05, 3.63) is 29.8 Å². The van der Waals surface area contributed by atoms with Crippen LogP contribution in [-0.4, -0.2) is 32.8 Å². The molecule has 1 amide bonds. The molecule has 0 aromatic heterocycles. The molecule has 1 aliphatic heterocycles. The fourth-order valence-corrected chi connectivity index (χ4v) is 1.98. The molecule has 98 valence electrons. The lowest BCUT2D eigenvalue weighted by Crippen LogP contribution is -2.35. The number of hydrogen-bond acceptors (Lipinski definition) is 3. The largest absolute Gasteiger partial charge is 0.496 e. The molecule has 0 aliphatic carbocycles. The van der Waals surface area contributed by atoms with Crippen molar-refractivity contribution in [2.24, 2.45) is 5.92 Å². The van der Waals surface area contributed by atoms with Crippen LogP contribution in [0.2, 0.25) is 0 Å². The summed E-state index contributed by atoms with van der Waals surface area (Å²) in [6.45, 7) is 2.09. The van der Waals surface area contributed by atoms with Gasteiger partial charge in [-0.1, -0.05) is 18.2 Å². The van der Waals surface area contributed by atoms with Crippen LogP contribution in [0.5, 0.6) is 5.75 Å². The highest BCUT2D eigenvalue weighted by Gasteiger charge is 2.21. The van der Waals surface area contributed by atoms with Crippen molar-refractivity contribution in [3.63, 3.8) is 0 Å². The summed E-state index contributed by atoms with van der Waals surface area (Å²) >= 11 is 0. The highest BCUT2D eigenvalue weighted by atomic mass is 16.5. The lowest BCUT2D eigenvalue weighted by atomic mass is 10.0. The Morgan fingerprint density at radius 1 is 1.44 bits per heavy atom. The van der Waals surface area contributed by atoms with Crippen molar-refractivity contribution in [1.29, 1.82) is 0 Å². The summed E-state index contributed by atoms with van der Waals surface area (Å²) in [6.07, 6.45) is 1.36. The minimum absolute atomic E-state index is 0.109. The third-order valence-corrected chi connectivity index (χ3v) is 3.09. The zero-order valence-electron chi connectivity index (χ0n) is 10.6. The molecular formula is C14H19NO3. The molecule has 1 N–H and O–H groups in total. The number of carbonyl (C=O) groups is 1. The Hall–Kier alpha value is -1.55. The van der Waals surface area contributed by atoms with E-state index in [-0.39, 0.29) is 5.91 Å². The van der Waals surface area contributed by atoms with Crippen LogP contribution in [0.25, 0.3) is 0 Å². The fraction of sp³-hybridized carbons (Fsp3) is 0.500. The van der Waals surface area contributed by atoms with Crippen LogP contribution in [0.3, 0.4) is 0 Å². The van der Waals surface area contributed by atoms with Gasteiger partial charge in [-0.2, -0.15) is 0 Å². The van der Waals surface area contributed by atoms with Crippen LogP contribution in [-0.2, 0) is 16.0 Å². The Labute approximate surface area is 107 Å². The first-order valence-corrected chi connectivity index (χ1v) is 6.26. The van der Waals surface area contributed by atoms with Gasteiger partial charge < -0.3 is 14.8 Å². The molecule has 0 unspecified atom stereocenters. The highest BCUT2D eigenvalue weighted by molar-refractivity contribution is 5.76. The van der Waals surface area contributed by atoms with Crippen LogP contribution in [0.1, 0.15) is 12.0 Å². The van der Waals surface area contributed by atoms with E-state index >= 15 is 0 Å². The maximum absolute atomic E-state index is 11.6. The van der Waals surface area contributed by atoms with Gasteiger partial charge in [-0.25, -0.2) is 0 Å². The number of nitrogens with one attached hydrogen (secondary N) is 1. The SMILES string of the molecule is COc1ccccc1CCNC(=O)CC1COC1. The van der Waals surface area contributed by atoms with Crippen LogP contribution in [0.4, 0.5) is 0 Å². The van der Waals surface area contributed by atoms with Crippen molar-refractivity contribution in [3.8, 4) is 5.75 Å². The van der Waals surface area contributed by atoms with Crippen LogP contribution in [0, 0.1) is 5.92 Å². The number of amides is 1. The van der Waals surface area contributed by atoms with Gasteiger partial charge in [0.25, 0.3) is 0 Å². The van der Waals surface area contributed by atoms with Gasteiger partial charge in [0.1, 0.15) is 5.75 Å². The van der Waals surface area contributed by atoms with Gasteiger partial charge in [-0.05, 0) is 18.1 Å². The molecule has 1 heterocycles. The Kier molecular flexibility index (Phi) is 4.59. The average Bonchev–Trinajstić information content (AvgIpc) is 2.34. The second-order valence-corrected chi connectivity index (χ2v) is 4.52. The Morgan fingerprint density at radius 3 is 2.89 bits per heavy atom. The molecule has 1 fully saturated rings. The summed E-state index contributed by atoms with van der Waals surface area (Å²) in [5, 5.41) is 2.93.